The molecule has 0 aliphatic carbocycles. The van der Waals surface area contributed by atoms with Crippen LogP contribution in [0.5, 0.6) is 0 Å². The first-order valence-corrected chi connectivity index (χ1v) is 11.2. The lowest BCUT2D eigenvalue weighted by molar-refractivity contribution is 0.168. The summed E-state index contributed by atoms with van der Waals surface area (Å²) in [7, 11) is 0. The van der Waals surface area contributed by atoms with Gasteiger partial charge in [0.2, 0.25) is 0 Å². The molecule has 1 heterocycles. The molecule has 31 heavy (non-hydrogen) atoms. The number of anilines is 1. The number of rotatable bonds is 7. The number of benzene rings is 2. The van der Waals surface area contributed by atoms with E-state index in [1.165, 1.54) is 11.1 Å². The number of halogens is 2. The molecule has 0 aliphatic heterocycles. The van der Waals surface area contributed by atoms with Crippen LogP contribution in [0.3, 0.4) is 0 Å². The van der Waals surface area contributed by atoms with Crippen LogP contribution >= 0.6 is 23.2 Å². The van der Waals surface area contributed by atoms with Gasteiger partial charge in [0.15, 0.2) is 0 Å². The molecule has 0 bridgehead atoms. The zero-order valence-electron chi connectivity index (χ0n) is 18.4. The van der Waals surface area contributed by atoms with Crippen molar-refractivity contribution in [2.75, 3.05) is 5.32 Å². The Labute approximate surface area is 194 Å². The smallest absolute Gasteiger partial charge is 0.322 e. The number of urea groups is 1. The first kappa shape index (κ1) is 23.2. The molecular weight excluding hydrogens is 429 g/mol. The van der Waals surface area contributed by atoms with Crippen LogP contribution < -0.4 is 5.32 Å². The van der Waals surface area contributed by atoms with E-state index in [4.69, 9.17) is 23.2 Å². The Morgan fingerprint density at radius 2 is 1.81 bits per heavy atom. The standard InChI is InChI=1S/C25H29Cl2N3O/c1-17(2)19(4)30(25(31)28-21-10-11-23(26)24(27)14-21)16-22-9-6-12-29(22)15-20-8-5-7-18(3)13-20/h5-14,17,19H,15-16H2,1-4H3,(H,28,31). The third-order valence-electron chi connectivity index (χ3n) is 5.58. The summed E-state index contributed by atoms with van der Waals surface area (Å²) in [5.74, 6) is 0.305. The van der Waals surface area contributed by atoms with E-state index in [9.17, 15) is 4.79 Å². The van der Waals surface area contributed by atoms with E-state index in [1.54, 1.807) is 18.2 Å². The Kier molecular flexibility index (Phi) is 7.69. The SMILES string of the molecule is Cc1cccc(Cn2cccc2CN(C(=O)Nc2ccc(Cl)c(Cl)c2)C(C)C(C)C)c1. The fraction of sp³-hybridized carbons (Fsp3) is 0.320. The number of hydrogen-bond acceptors (Lipinski definition) is 1. The second-order valence-corrected chi connectivity index (χ2v) is 9.10. The third kappa shape index (κ3) is 6.05. The van der Waals surface area contributed by atoms with Crippen LogP contribution in [0.15, 0.2) is 60.8 Å². The number of carbonyl (C=O) groups excluding carboxylic acids is 1. The second kappa shape index (κ2) is 10.3. The highest BCUT2D eigenvalue weighted by molar-refractivity contribution is 6.42. The molecule has 0 aliphatic rings. The van der Waals surface area contributed by atoms with E-state index in [2.05, 4.69) is 74.1 Å². The van der Waals surface area contributed by atoms with Gasteiger partial charge in [0, 0.05) is 30.2 Å². The van der Waals surface area contributed by atoms with Crippen LogP contribution in [0.4, 0.5) is 10.5 Å². The van der Waals surface area contributed by atoms with Gasteiger partial charge in [-0.15, -0.1) is 0 Å². The van der Waals surface area contributed by atoms with Gasteiger partial charge >= 0.3 is 6.03 Å². The van der Waals surface area contributed by atoms with Crippen molar-refractivity contribution < 1.29 is 4.79 Å². The summed E-state index contributed by atoms with van der Waals surface area (Å²) < 4.78 is 2.20. The van der Waals surface area contributed by atoms with Crippen molar-refractivity contribution in [1.82, 2.24) is 9.47 Å². The highest BCUT2D eigenvalue weighted by Crippen LogP contribution is 2.26. The lowest BCUT2D eigenvalue weighted by Gasteiger charge is -2.32. The Morgan fingerprint density at radius 3 is 2.48 bits per heavy atom. The fourth-order valence-electron chi connectivity index (χ4n) is 3.46. The first-order valence-electron chi connectivity index (χ1n) is 10.5. The number of amides is 2. The van der Waals surface area contributed by atoms with Gasteiger partial charge in [-0.3, -0.25) is 0 Å². The quantitative estimate of drug-likeness (QED) is 0.398. The number of carbonyl (C=O) groups is 1. The lowest BCUT2D eigenvalue weighted by Crippen LogP contribution is -2.43. The van der Waals surface area contributed by atoms with Gasteiger partial charge in [-0.1, -0.05) is 66.9 Å². The third-order valence-corrected chi connectivity index (χ3v) is 6.32. The summed E-state index contributed by atoms with van der Waals surface area (Å²) in [6.07, 6.45) is 2.06. The Hall–Kier alpha value is -2.43. The zero-order chi connectivity index (χ0) is 22.5. The highest BCUT2D eigenvalue weighted by atomic mass is 35.5. The minimum atomic E-state index is -0.164. The van der Waals surface area contributed by atoms with E-state index in [0.29, 0.717) is 28.2 Å². The Bertz CT molecular complexity index is 1040. The van der Waals surface area contributed by atoms with E-state index < -0.39 is 0 Å². The van der Waals surface area contributed by atoms with Crippen LogP contribution in [0.1, 0.15) is 37.6 Å². The Morgan fingerprint density at radius 1 is 1.03 bits per heavy atom. The van der Waals surface area contributed by atoms with Gasteiger partial charge in [-0.2, -0.15) is 0 Å². The first-order chi connectivity index (χ1) is 14.7. The van der Waals surface area contributed by atoms with E-state index in [0.717, 1.165) is 12.2 Å². The molecule has 1 aromatic heterocycles. The number of aromatic nitrogens is 1. The van der Waals surface area contributed by atoms with Gasteiger partial charge in [0.1, 0.15) is 0 Å². The maximum Gasteiger partial charge on any atom is 0.322 e. The molecule has 0 fully saturated rings. The maximum atomic E-state index is 13.2. The van der Waals surface area contributed by atoms with Crippen molar-refractivity contribution in [2.24, 2.45) is 5.92 Å². The highest BCUT2D eigenvalue weighted by Gasteiger charge is 2.24. The van der Waals surface area contributed by atoms with E-state index in [1.807, 2.05) is 11.0 Å². The predicted octanol–water partition coefficient (Wildman–Crippen LogP) is 7.23. The molecule has 6 heteroatoms. The molecular formula is C25H29Cl2N3O. The van der Waals surface area contributed by atoms with Crippen molar-refractivity contribution >= 4 is 34.9 Å². The van der Waals surface area contributed by atoms with E-state index >= 15 is 0 Å². The summed E-state index contributed by atoms with van der Waals surface area (Å²) in [6, 6.07) is 17.6. The Balaban J connectivity index is 1.81. The van der Waals surface area contributed by atoms with Gasteiger partial charge in [-0.25, -0.2) is 4.79 Å². The monoisotopic (exact) mass is 457 g/mol. The molecule has 3 rings (SSSR count). The topological polar surface area (TPSA) is 37.3 Å². The number of nitrogens with zero attached hydrogens (tertiary/aromatic N) is 2. The summed E-state index contributed by atoms with van der Waals surface area (Å²) in [5, 5.41) is 3.84. The van der Waals surface area contributed by atoms with Crippen LogP contribution in [0.25, 0.3) is 0 Å². The number of hydrogen-bond donors (Lipinski definition) is 1. The average Bonchev–Trinajstić information content (AvgIpc) is 3.15. The largest absolute Gasteiger partial charge is 0.345 e. The average molecular weight is 458 g/mol. The molecule has 4 nitrogen and oxygen atoms in total. The van der Waals surface area contributed by atoms with Crippen LogP contribution in [-0.4, -0.2) is 21.5 Å². The number of nitrogens with one attached hydrogen (secondary N) is 1. The molecule has 1 N–H and O–H groups in total. The summed E-state index contributed by atoms with van der Waals surface area (Å²) >= 11 is 12.1. The van der Waals surface area contributed by atoms with Gasteiger partial charge in [0.25, 0.3) is 0 Å². The van der Waals surface area contributed by atoms with Gasteiger partial charge in [-0.05, 0) is 55.7 Å². The molecule has 0 saturated heterocycles. The summed E-state index contributed by atoms with van der Waals surface area (Å²) in [4.78, 5) is 15.1. The molecule has 164 valence electrons. The minimum Gasteiger partial charge on any atom is -0.345 e. The minimum absolute atomic E-state index is 0.0464. The van der Waals surface area contributed by atoms with Crippen LogP contribution in [-0.2, 0) is 13.1 Å². The van der Waals surface area contributed by atoms with Crippen molar-refractivity contribution in [3.8, 4) is 0 Å². The normalized spacial score (nSPS) is 12.1. The van der Waals surface area contributed by atoms with Crippen molar-refractivity contribution in [2.45, 2.75) is 46.8 Å². The fourth-order valence-corrected chi connectivity index (χ4v) is 3.76. The van der Waals surface area contributed by atoms with E-state index in [-0.39, 0.29) is 12.1 Å². The van der Waals surface area contributed by atoms with Gasteiger partial charge in [0.05, 0.1) is 16.6 Å². The predicted molar refractivity (Wildman–Crippen MR) is 130 cm³/mol. The zero-order valence-corrected chi connectivity index (χ0v) is 19.9. The molecule has 3 aromatic rings. The summed E-state index contributed by atoms with van der Waals surface area (Å²) in [5.41, 5.74) is 4.18. The van der Waals surface area contributed by atoms with Crippen LogP contribution in [0.2, 0.25) is 10.0 Å². The molecule has 1 atom stereocenters. The van der Waals surface area contributed by atoms with Crippen molar-refractivity contribution in [3.05, 3.63) is 87.7 Å². The van der Waals surface area contributed by atoms with Crippen LogP contribution in [0, 0.1) is 12.8 Å². The molecule has 2 amide bonds. The van der Waals surface area contributed by atoms with Crippen molar-refractivity contribution in [1.29, 1.82) is 0 Å². The van der Waals surface area contributed by atoms with Gasteiger partial charge < -0.3 is 14.8 Å². The molecule has 2 aromatic carbocycles. The number of aryl methyl sites for hydroxylation is 1. The molecule has 0 saturated carbocycles. The summed E-state index contributed by atoms with van der Waals surface area (Å²) in [6.45, 7) is 9.69. The second-order valence-electron chi connectivity index (χ2n) is 8.29. The maximum absolute atomic E-state index is 13.2. The molecule has 1 unspecified atom stereocenters. The molecule has 0 spiro atoms. The van der Waals surface area contributed by atoms with Crippen molar-refractivity contribution in [3.63, 3.8) is 0 Å². The molecule has 0 radical (unpaired) electrons. The lowest BCUT2D eigenvalue weighted by atomic mass is 10.0.